The maximum Gasteiger partial charge on any atom is 0.240 e. The van der Waals surface area contributed by atoms with Gasteiger partial charge in [-0.1, -0.05) is 6.92 Å². The second kappa shape index (κ2) is 4.46. The molecule has 5 rings (SSSR count). The summed E-state index contributed by atoms with van der Waals surface area (Å²) in [5.74, 6) is 3.00. The summed E-state index contributed by atoms with van der Waals surface area (Å²) >= 11 is 0. The number of hydrogen-bond acceptors (Lipinski definition) is 2. The lowest BCUT2D eigenvalue weighted by atomic mass is 9.53. The summed E-state index contributed by atoms with van der Waals surface area (Å²) in [5.41, 5.74) is -0.0956. The Bertz CT molecular complexity index is 376. The highest BCUT2D eigenvalue weighted by atomic mass is 16.2. The predicted molar refractivity (Wildman–Crippen MR) is 79.3 cm³/mol. The quantitative estimate of drug-likeness (QED) is 0.832. The summed E-state index contributed by atoms with van der Waals surface area (Å²) in [7, 11) is 0. The Morgan fingerprint density at radius 3 is 2.20 bits per heavy atom. The Hall–Kier alpha value is -0.570. The lowest BCUT2D eigenvalue weighted by Crippen LogP contribution is -2.65. The van der Waals surface area contributed by atoms with Crippen LogP contribution in [0, 0.1) is 17.8 Å². The van der Waals surface area contributed by atoms with Crippen LogP contribution in [0.2, 0.25) is 0 Å². The van der Waals surface area contributed by atoms with Gasteiger partial charge in [0.1, 0.15) is 0 Å². The summed E-state index contributed by atoms with van der Waals surface area (Å²) in [5, 5.41) is 7.05. The molecule has 4 bridgehead atoms. The fraction of sp³-hybridized carbons (Fsp3) is 0.941. The van der Waals surface area contributed by atoms with Crippen molar-refractivity contribution in [3.63, 3.8) is 0 Å². The Morgan fingerprint density at radius 1 is 1.15 bits per heavy atom. The van der Waals surface area contributed by atoms with E-state index in [-0.39, 0.29) is 11.1 Å². The fourth-order valence-corrected chi connectivity index (χ4v) is 6.09. The van der Waals surface area contributed by atoms with Gasteiger partial charge in [0.25, 0.3) is 0 Å². The molecule has 2 N–H and O–H groups in total. The first kappa shape index (κ1) is 13.1. The van der Waals surface area contributed by atoms with Gasteiger partial charge in [0.15, 0.2) is 0 Å². The average Bonchev–Trinajstić information content (AvgIpc) is 2.86. The topological polar surface area (TPSA) is 41.1 Å². The molecule has 0 spiro atoms. The normalized spacial score (nSPS) is 49.5. The highest BCUT2D eigenvalue weighted by molar-refractivity contribution is 5.87. The minimum Gasteiger partial charge on any atom is -0.349 e. The van der Waals surface area contributed by atoms with Crippen molar-refractivity contribution < 1.29 is 4.79 Å². The average molecular weight is 276 g/mol. The van der Waals surface area contributed by atoms with Crippen molar-refractivity contribution in [3.05, 3.63) is 0 Å². The summed E-state index contributed by atoms with van der Waals surface area (Å²) in [4.78, 5) is 12.9. The SMILES string of the molecule is CCC1(C(=O)NC23CC4CC(CC(C4)C2)C3)CCCN1. The van der Waals surface area contributed by atoms with Crippen LogP contribution in [0.5, 0.6) is 0 Å². The number of hydrogen-bond donors (Lipinski definition) is 2. The third-order valence-electron chi connectivity index (χ3n) is 6.70. The van der Waals surface area contributed by atoms with Gasteiger partial charge < -0.3 is 10.6 Å². The van der Waals surface area contributed by atoms with Crippen molar-refractivity contribution >= 4 is 5.91 Å². The summed E-state index contributed by atoms with van der Waals surface area (Å²) in [6.07, 6.45) is 11.2. The van der Waals surface area contributed by atoms with Gasteiger partial charge in [0.05, 0.1) is 5.54 Å². The number of rotatable bonds is 3. The molecule has 1 unspecified atom stereocenters. The van der Waals surface area contributed by atoms with Crippen molar-refractivity contribution in [2.75, 3.05) is 6.54 Å². The first-order chi connectivity index (χ1) is 9.63. The number of carbonyl (C=O) groups is 1. The first-order valence-electron chi connectivity index (χ1n) is 8.71. The molecule has 0 radical (unpaired) electrons. The molecular formula is C17H28N2O. The molecule has 4 aliphatic carbocycles. The summed E-state index contributed by atoms with van der Waals surface area (Å²) in [6.45, 7) is 3.15. The summed E-state index contributed by atoms with van der Waals surface area (Å²) < 4.78 is 0. The number of amides is 1. The minimum absolute atomic E-state index is 0.165. The molecule has 3 nitrogen and oxygen atoms in total. The first-order valence-corrected chi connectivity index (χ1v) is 8.71. The Labute approximate surface area is 122 Å². The van der Waals surface area contributed by atoms with E-state index in [1.165, 1.54) is 38.5 Å². The molecule has 1 amide bonds. The van der Waals surface area contributed by atoms with Gasteiger partial charge in [0.2, 0.25) is 5.91 Å². The molecule has 1 aliphatic heterocycles. The standard InChI is InChI=1S/C17H28N2O/c1-2-17(4-3-5-18-17)15(20)19-16-9-12-6-13(10-16)8-14(7-12)11-16/h12-14,18H,2-11H2,1H3,(H,19,20). The van der Waals surface area contributed by atoms with E-state index < -0.39 is 0 Å². The third-order valence-corrected chi connectivity index (χ3v) is 6.70. The summed E-state index contributed by atoms with van der Waals surface area (Å²) in [6, 6.07) is 0. The van der Waals surface area contributed by atoms with Crippen molar-refractivity contribution in [2.45, 2.75) is 75.8 Å². The molecule has 0 aromatic rings. The smallest absolute Gasteiger partial charge is 0.240 e. The van der Waals surface area contributed by atoms with E-state index in [4.69, 9.17) is 0 Å². The largest absolute Gasteiger partial charge is 0.349 e. The molecule has 0 aromatic carbocycles. The molecule has 1 heterocycles. The van der Waals surface area contributed by atoms with E-state index in [0.717, 1.165) is 43.6 Å². The van der Waals surface area contributed by atoms with Gasteiger partial charge >= 0.3 is 0 Å². The van der Waals surface area contributed by atoms with E-state index >= 15 is 0 Å². The maximum atomic E-state index is 12.9. The van der Waals surface area contributed by atoms with Crippen LogP contribution in [0.3, 0.4) is 0 Å². The van der Waals surface area contributed by atoms with Crippen LogP contribution in [0.4, 0.5) is 0 Å². The van der Waals surface area contributed by atoms with Gasteiger partial charge in [0, 0.05) is 5.54 Å². The fourth-order valence-electron chi connectivity index (χ4n) is 6.09. The zero-order valence-corrected chi connectivity index (χ0v) is 12.7. The molecule has 5 fully saturated rings. The van der Waals surface area contributed by atoms with Crippen LogP contribution in [0.15, 0.2) is 0 Å². The zero-order valence-electron chi connectivity index (χ0n) is 12.7. The Kier molecular flexibility index (Phi) is 2.93. The number of nitrogens with one attached hydrogen (secondary N) is 2. The predicted octanol–water partition coefficient (Wildman–Crippen LogP) is 2.60. The molecule has 112 valence electrons. The molecule has 3 heteroatoms. The Morgan fingerprint density at radius 2 is 1.75 bits per heavy atom. The van der Waals surface area contributed by atoms with Crippen LogP contribution in [-0.4, -0.2) is 23.5 Å². The molecular weight excluding hydrogens is 248 g/mol. The minimum atomic E-state index is -0.261. The van der Waals surface area contributed by atoms with E-state index in [0.29, 0.717) is 5.91 Å². The molecule has 1 atom stereocenters. The van der Waals surface area contributed by atoms with Gasteiger partial charge in [-0.2, -0.15) is 0 Å². The van der Waals surface area contributed by atoms with Crippen LogP contribution in [0.25, 0.3) is 0 Å². The van der Waals surface area contributed by atoms with E-state index in [2.05, 4.69) is 17.6 Å². The van der Waals surface area contributed by atoms with Crippen molar-refractivity contribution in [1.29, 1.82) is 0 Å². The van der Waals surface area contributed by atoms with Crippen LogP contribution < -0.4 is 10.6 Å². The molecule has 4 saturated carbocycles. The lowest BCUT2D eigenvalue weighted by Gasteiger charge is -2.57. The second-order valence-electron chi connectivity index (χ2n) is 8.12. The molecule has 20 heavy (non-hydrogen) atoms. The molecule has 1 saturated heterocycles. The monoisotopic (exact) mass is 276 g/mol. The lowest BCUT2D eigenvalue weighted by molar-refractivity contribution is -0.133. The zero-order chi connectivity index (χ0) is 13.8. The maximum absolute atomic E-state index is 12.9. The van der Waals surface area contributed by atoms with E-state index in [1.807, 2.05) is 0 Å². The van der Waals surface area contributed by atoms with Crippen molar-refractivity contribution in [2.24, 2.45) is 17.8 Å². The van der Waals surface area contributed by atoms with Crippen LogP contribution in [-0.2, 0) is 4.79 Å². The van der Waals surface area contributed by atoms with Gasteiger partial charge in [-0.15, -0.1) is 0 Å². The van der Waals surface area contributed by atoms with Gasteiger partial charge in [-0.05, 0) is 82.1 Å². The van der Waals surface area contributed by atoms with Gasteiger partial charge in [-0.3, -0.25) is 4.79 Å². The third kappa shape index (κ3) is 1.93. The van der Waals surface area contributed by atoms with E-state index in [1.54, 1.807) is 0 Å². The van der Waals surface area contributed by atoms with Crippen LogP contribution in [0.1, 0.15) is 64.7 Å². The highest BCUT2D eigenvalue weighted by Gasteiger charge is 2.53. The Balaban J connectivity index is 1.52. The second-order valence-corrected chi connectivity index (χ2v) is 8.12. The van der Waals surface area contributed by atoms with Crippen molar-refractivity contribution in [1.82, 2.24) is 10.6 Å². The van der Waals surface area contributed by atoms with E-state index in [9.17, 15) is 4.79 Å². The molecule has 0 aromatic heterocycles. The highest BCUT2D eigenvalue weighted by Crippen LogP contribution is 2.55. The van der Waals surface area contributed by atoms with Crippen molar-refractivity contribution in [3.8, 4) is 0 Å². The number of carbonyl (C=O) groups excluding carboxylic acids is 1. The van der Waals surface area contributed by atoms with Gasteiger partial charge in [-0.25, -0.2) is 0 Å². The molecule has 5 aliphatic rings. The van der Waals surface area contributed by atoms with Crippen LogP contribution >= 0.6 is 0 Å².